The normalized spacial score (nSPS) is 15.9. The van der Waals surface area contributed by atoms with Crippen molar-refractivity contribution in [3.05, 3.63) is 0 Å². The van der Waals surface area contributed by atoms with Gasteiger partial charge in [-0.05, 0) is 12.8 Å². The van der Waals surface area contributed by atoms with Crippen molar-refractivity contribution in [3.8, 4) is 0 Å². The van der Waals surface area contributed by atoms with Gasteiger partial charge in [-0.3, -0.25) is 4.79 Å². The predicted molar refractivity (Wildman–Crippen MR) is 38.8 cm³/mol. The Hall–Kier alpha value is -0.680. The highest BCUT2D eigenvalue weighted by atomic mass is 19.1. The standard InChI is InChI=1S/C6H13FN2O2/c7-3-4(8)1-2-5(9)6(10)11/h4-5H,1-3,8-9H2,(H,10,11)/t4-,5+/m1/s1. The quantitative estimate of drug-likeness (QED) is 0.509. The highest BCUT2D eigenvalue weighted by Crippen LogP contribution is 1.98. The van der Waals surface area contributed by atoms with Crippen LogP contribution in [0.2, 0.25) is 0 Å². The molecule has 0 heterocycles. The van der Waals surface area contributed by atoms with Gasteiger partial charge in [0.2, 0.25) is 0 Å². The van der Waals surface area contributed by atoms with Crippen LogP contribution >= 0.6 is 0 Å². The van der Waals surface area contributed by atoms with E-state index in [1.54, 1.807) is 0 Å². The van der Waals surface area contributed by atoms with Crippen molar-refractivity contribution in [3.63, 3.8) is 0 Å². The summed E-state index contributed by atoms with van der Waals surface area (Å²) >= 11 is 0. The summed E-state index contributed by atoms with van der Waals surface area (Å²) in [5.74, 6) is -1.07. The number of hydrogen-bond donors (Lipinski definition) is 3. The summed E-state index contributed by atoms with van der Waals surface area (Å²) in [5.41, 5.74) is 10.3. The number of carboxylic acid groups (broad SMARTS) is 1. The highest BCUT2D eigenvalue weighted by molar-refractivity contribution is 5.72. The molecule has 11 heavy (non-hydrogen) atoms. The molecule has 0 aliphatic rings. The zero-order chi connectivity index (χ0) is 8.85. The molecule has 0 saturated heterocycles. The molecule has 0 aliphatic carbocycles. The fraction of sp³-hybridized carbons (Fsp3) is 0.833. The predicted octanol–water partition coefficient (Wildman–Crippen LogP) is -0.525. The first-order chi connectivity index (χ1) is 5.07. The lowest BCUT2D eigenvalue weighted by Crippen LogP contribution is -2.33. The molecule has 0 aromatic rings. The van der Waals surface area contributed by atoms with E-state index in [2.05, 4.69) is 0 Å². The maximum absolute atomic E-state index is 11.7. The van der Waals surface area contributed by atoms with Crippen LogP contribution in [0.3, 0.4) is 0 Å². The number of carbonyl (C=O) groups is 1. The third-order valence-corrected chi connectivity index (χ3v) is 1.36. The van der Waals surface area contributed by atoms with Gasteiger partial charge in [-0.1, -0.05) is 0 Å². The maximum atomic E-state index is 11.7. The maximum Gasteiger partial charge on any atom is 0.320 e. The van der Waals surface area contributed by atoms with E-state index in [0.717, 1.165) is 0 Å². The molecule has 0 rings (SSSR count). The van der Waals surface area contributed by atoms with Crippen molar-refractivity contribution in [2.24, 2.45) is 11.5 Å². The number of halogens is 1. The first-order valence-electron chi connectivity index (χ1n) is 3.38. The van der Waals surface area contributed by atoms with Crippen LogP contribution in [0.1, 0.15) is 12.8 Å². The minimum Gasteiger partial charge on any atom is -0.480 e. The Morgan fingerprint density at radius 3 is 2.36 bits per heavy atom. The van der Waals surface area contributed by atoms with Crippen LogP contribution in [0.25, 0.3) is 0 Å². The van der Waals surface area contributed by atoms with Crippen molar-refractivity contribution in [2.75, 3.05) is 6.67 Å². The van der Waals surface area contributed by atoms with Crippen LogP contribution in [0.5, 0.6) is 0 Å². The molecule has 0 bridgehead atoms. The Morgan fingerprint density at radius 1 is 1.45 bits per heavy atom. The summed E-state index contributed by atoms with van der Waals surface area (Å²) in [4.78, 5) is 10.1. The molecular weight excluding hydrogens is 151 g/mol. The van der Waals surface area contributed by atoms with E-state index in [0.29, 0.717) is 6.42 Å². The average molecular weight is 164 g/mol. The van der Waals surface area contributed by atoms with Crippen LogP contribution in [0.15, 0.2) is 0 Å². The van der Waals surface area contributed by atoms with Gasteiger partial charge in [-0.25, -0.2) is 4.39 Å². The average Bonchev–Trinajstić information content (AvgIpc) is 1.99. The first kappa shape index (κ1) is 10.3. The van der Waals surface area contributed by atoms with Crippen molar-refractivity contribution in [1.29, 1.82) is 0 Å². The van der Waals surface area contributed by atoms with E-state index in [1.807, 2.05) is 0 Å². The molecule has 5 N–H and O–H groups in total. The van der Waals surface area contributed by atoms with Crippen molar-refractivity contribution in [2.45, 2.75) is 24.9 Å². The number of carboxylic acids is 1. The molecule has 0 spiro atoms. The minimum absolute atomic E-state index is 0.223. The van der Waals surface area contributed by atoms with Crippen molar-refractivity contribution < 1.29 is 14.3 Å². The van der Waals surface area contributed by atoms with Gasteiger partial charge in [0.15, 0.2) is 0 Å². The SMILES string of the molecule is N[C@@H](CF)CC[C@H](N)C(=O)O. The molecule has 0 unspecified atom stereocenters. The Morgan fingerprint density at radius 2 is 2.00 bits per heavy atom. The molecule has 0 aromatic carbocycles. The van der Waals surface area contributed by atoms with Crippen LogP contribution in [0.4, 0.5) is 4.39 Å². The summed E-state index contributed by atoms with van der Waals surface area (Å²) in [7, 11) is 0. The number of rotatable bonds is 5. The van der Waals surface area contributed by atoms with Crippen molar-refractivity contribution >= 4 is 5.97 Å². The van der Waals surface area contributed by atoms with E-state index in [9.17, 15) is 9.18 Å². The molecule has 0 aromatic heterocycles. The fourth-order valence-electron chi connectivity index (χ4n) is 0.594. The second kappa shape index (κ2) is 5.03. The van der Waals surface area contributed by atoms with Gasteiger partial charge in [0.05, 0.1) is 0 Å². The van der Waals surface area contributed by atoms with E-state index in [1.165, 1.54) is 0 Å². The van der Waals surface area contributed by atoms with Gasteiger partial charge in [-0.15, -0.1) is 0 Å². The molecule has 4 nitrogen and oxygen atoms in total. The van der Waals surface area contributed by atoms with E-state index >= 15 is 0 Å². The number of nitrogens with two attached hydrogens (primary N) is 2. The van der Waals surface area contributed by atoms with E-state index < -0.39 is 24.7 Å². The smallest absolute Gasteiger partial charge is 0.320 e. The molecule has 0 fully saturated rings. The molecule has 66 valence electrons. The van der Waals surface area contributed by atoms with E-state index in [-0.39, 0.29) is 6.42 Å². The van der Waals surface area contributed by atoms with Crippen LogP contribution in [-0.4, -0.2) is 29.8 Å². The van der Waals surface area contributed by atoms with Crippen LogP contribution in [-0.2, 0) is 4.79 Å². The summed E-state index contributed by atoms with van der Waals surface area (Å²) in [6.45, 7) is -0.633. The summed E-state index contributed by atoms with van der Waals surface area (Å²) in [5, 5.41) is 8.31. The number of hydrogen-bond acceptors (Lipinski definition) is 3. The van der Waals surface area contributed by atoms with Gasteiger partial charge < -0.3 is 16.6 Å². The topological polar surface area (TPSA) is 89.3 Å². The lowest BCUT2D eigenvalue weighted by atomic mass is 10.1. The Labute approximate surface area is 64.4 Å². The molecule has 5 heteroatoms. The molecule has 0 radical (unpaired) electrons. The highest BCUT2D eigenvalue weighted by Gasteiger charge is 2.12. The molecule has 0 amide bonds. The Kier molecular flexibility index (Phi) is 4.72. The lowest BCUT2D eigenvalue weighted by Gasteiger charge is -2.08. The van der Waals surface area contributed by atoms with Crippen LogP contribution < -0.4 is 11.5 Å². The zero-order valence-corrected chi connectivity index (χ0v) is 6.16. The Balaban J connectivity index is 3.45. The number of aliphatic carboxylic acids is 1. The lowest BCUT2D eigenvalue weighted by molar-refractivity contribution is -0.138. The monoisotopic (exact) mass is 164 g/mol. The summed E-state index contributed by atoms with van der Waals surface area (Å²) in [6.07, 6.45) is 0.532. The number of alkyl halides is 1. The van der Waals surface area contributed by atoms with Crippen molar-refractivity contribution in [1.82, 2.24) is 0 Å². The summed E-state index contributed by atoms with van der Waals surface area (Å²) in [6, 6.07) is -1.51. The third kappa shape index (κ3) is 4.69. The fourth-order valence-corrected chi connectivity index (χ4v) is 0.594. The largest absolute Gasteiger partial charge is 0.480 e. The second-order valence-corrected chi connectivity index (χ2v) is 2.44. The van der Waals surface area contributed by atoms with E-state index in [4.69, 9.17) is 16.6 Å². The zero-order valence-electron chi connectivity index (χ0n) is 6.16. The first-order valence-corrected chi connectivity index (χ1v) is 3.38. The van der Waals surface area contributed by atoms with Gasteiger partial charge in [0, 0.05) is 6.04 Å². The van der Waals surface area contributed by atoms with Gasteiger partial charge >= 0.3 is 5.97 Å². The van der Waals surface area contributed by atoms with Gasteiger partial charge in [0.1, 0.15) is 12.7 Å². The molecule has 0 saturated carbocycles. The summed E-state index contributed by atoms with van der Waals surface area (Å²) < 4.78 is 11.7. The third-order valence-electron chi connectivity index (χ3n) is 1.36. The van der Waals surface area contributed by atoms with Gasteiger partial charge in [0.25, 0.3) is 0 Å². The minimum atomic E-state index is -1.07. The Bertz CT molecular complexity index is 132. The van der Waals surface area contributed by atoms with Crippen LogP contribution in [0, 0.1) is 0 Å². The second-order valence-electron chi connectivity index (χ2n) is 2.44. The van der Waals surface area contributed by atoms with Gasteiger partial charge in [-0.2, -0.15) is 0 Å². The molecule has 2 atom stereocenters. The molecular formula is C6H13FN2O2. The molecule has 0 aliphatic heterocycles.